The van der Waals surface area contributed by atoms with Crippen molar-refractivity contribution in [3.63, 3.8) is 0 Å². The highest BCUT2D eigenvalue weighted by molar-refractivity contribution is 5.15. The number of alkyl halides is 2. The first-order valence-electron chi connectivity index (χ1n) is 4.06. The summed E-state index contributed by atoms with van der Waals surface area (Å²) in [7, 11) is 0. The van der Waals surface area contributed by atoms with Gasteiger partial charge in [0.05, 0.1) is 5.54 Å². The summed E-state index contributed by atoms with van der Waals surface area (Å²) < 4.78 is 24.3. The maximum Gasteiger partial charge on any atom is 0.241 e. The van der Waals surface area contributed by atoms with Crippen LogP contribution in [0.4, 0.5) is 8.78 Å². The normalized spacial score (nSPS) is 33.4. The van der Waals surface area contributed by atoms with Gasteiger partial charge in [0.25, 0.3) is 0 Å². The van der Waals surface area contributed by atoms with Crippen LogP contribution >= 0.6 is 0 Å². The molecule has 0 aromatic carbocycles. The first-order valence-corrected chi connectivity index (χ1v) is 4.06. The van der Waals surface area contributed by atoms with Crippen LogP contribution in [0.3, 0.4) is 0 Å². The van der Waals surface area contributed by atoms with Gasteiger partial charge in [0.1, 0.15) is 5.69 Å². The van der Waals surface area contributed by atoms with Gasteiger partial charge in [-0.05, 0) is 12.8 Å². The minimum atomic E-state index is -2.27. The molecule has 0 atom stereocenters. The molecule has 0 radical (unpaired) electrons. The summed E-state index contributed by atoms with van der Waals surface area (Å²) in [6.45, 7) is 0. The zero-order valence-corrected chi connectivity index (χ0v) is 6.87. The third kappa shape index (κ3) is 1.31. The van der Waals surface area contributed by atoms with E-state index in [9.17, 15) is 8.78 Å². The van der Waals surface area contributed by atoms with Crippen LogP contribution in [0.1, 0.15) is 18.5 Å². The van der Waals surface area contributed by atoms with E-state index in [1.165, 1.54) is 0 Å². The number of nitrogens with two attached hydrogens (primary N) is 1. The number of rotatable bonds is 2. The number of halogens is 2. The quantitative estimate of drug-likeness (QED) is 0.715. The second kappa shape index (κ2) is 2.73. The van der Waals surface area contributed by atoms with Crippen LogP contribution in [0.15, 0.2) is 6.20 Å². The largest absolute Gasteiger partial charge is 0.320 e. The van der Waals surface area contributed by atoms with Gasteiger partial charge in [-0.1, -0.05) is 5.21 Å². The predicted molar refractivity (Wildman–Crippen MR) is 41.0 cm³/mol. The van der Waals surface area contributed by atoms with Crippen molar-refractivity contribution in [1.29, 1.82) is 0 Å². The van der Waals surface area contributed by atoms with Crippen LogP contribution in [0.2, 0.25) is 0 Å². The van der Waals surface area contributed by atoms with Gasteiger partial charge >= 0.3 is 0 Å². The summed E-state index contributed by atoms with van der Waals surface area (Å²) >= 11 is 0. The van der Waals surface area contributed by atoms with Gasteiger partial charge in [0.15, 0.2) is 0 Å². The smallest absolute Gasteiger partial charge is 0.241 e. The Morgan fingerprint density at radius 3 is 2.77 bits per heavy atom. The molecule has 1 aliphatic carbocycles. The molecule has 1 heterocycles. The Morgan fingerprint density at radius 1 is 1.62 bits per heavy atom. The fraction of sp³-hybridized carbons (Fsp3) is 0.714. The van der Waals surface area contributed by atoms with Crippen molar-refractivity contribution in [2.24, 2.45) is 11.7 Å². The summed E-state index contributed by atoms with van der Waals surface area (Å²) in [5, 5.41) is 9.75. The maximum absolute atomic E-state index is 12.2. The van der Waals surface area contributed by atoms with Crippen molar-refractivity contribution in [2.75, 3.05) is 0 Å². The molecule has 0 amide bonds. The van der Waals surface area contributed by atoms with Gasteiger partial charge in [-0.3, -0.25) is 5.10 Å². The molecule has 3 N–H and O–H groups in total. The number of hydrogen-bond acceptors (Lipinski definition) is 3. The lowest BCUT2D eigenvalue weighted by atomic mass is 9.67. The summed E-state index contributed by atoms with van der Waals surface area (Å²) in [4.78, 5) is 0. The minimum Gasteiger partial charge on any atom is -0.320 e. The number of aromatic amines is 1. The number of nitrogens with zero attached hydrogens (tertiary/aromatic N) is 2. The molecule has 1 fully saturated rings. The van der Waals surface area contributed by atoms with E-state index in [0.29, 0.717) is 5.69 Å². The summed E-state index contributed by atoms with van der Waals surface area (Å²) in [5.74, 6) is -0.582. The van der Waals surface area contributed by atoms with Crippen molar-refractivity contribution in [3.05, 3.63) is 11.9 Å². The molecule has 0 bridgehead atoms. The molecule has 13 heavy (non-hydrogen) atoms. The lowest BCUT2D eigenvalue weighted by Gasteiger charge is -2.42. The fourth-order valence-electron chi connectivity index (χ4n) is 1.71. The average molecular weight is 188 g/mol. The summed E-state index contributed by atoms with van der Waals surface area (Å²) in [6, 6.07) is 0. The first-order chi connectivity index (χ1) is 6.12. The zero-order valence-electron chi connectivity index (χ0n) is 6.87. The van der Waals surface area contributed by atoms with Crippen molar-refractivity contribution < 1.29 is 8.78 Å². The van der Waals surface area contributed by atoms with Crippen molar-refractivity contribution in [2.45, 2.75) is 24.8 Å². The van der Waals surface area contributed by atoms with Gasteiger partial charge in [0.2, 0.25) is 6.43 Å². The molecule has 0 aliphatic heterocycles. The van der Waals surface area contributed by atoms with Crippen molar-refractivity contribution in [3.8, 4) is 0 Å². The molecule has 6 heteroatoms. The lowest BCUT2D eigenvalue weighted by molar-refractivity contribution is -0.0138. The highest BCUT2D eigenvalue weighted by Crippen LogP contribution is 2.45. The molecule has 4 nitrogen and oxygen atoms in total. The Hall–Kier alpha value is -1.04. The SMILES string of the molecule is NC1(c2c[nH]nn2)CC(C(F)F)C1. The Kier molecular flexibility index (Phi) is 1.80. The Balaban J connectivity index is 2.04. The van der Waals surface area contributed by atoms with Crippen LogP contribution < -0.4 is 5.73 Å². The van der Waals surface area contributed by atoms with Gasteiger partial charge in [-0.25, -0.2) is 8.78 Å². The van der Waals surface area contributed by atoms with E-state index in [4.69, 9.17) is 5.73 Å². The Morgan fingerprint density at radius 2 is 2.31 bits per heavy atom. The number of hydrogen-bond donors (Lipinski definition) is 2. The third-order valence-corrected chi connectivity index (χ3v) is 2.54. The molecular weight excluding hydrogens is 178 g/mol. The van der Waals surface area contributed by atoms with Crippen LogP contribution in [0.25, 0.3) is 0 Å². The van der Waals surface area contributed by atoms with Crippen LogP contribution in [0.5, 0.6) is 0 Å². The van der Waals surface area contributed by atoms with Gasteiger partial charge in [0, 0.05) is 12.1 Å². The highest BCUT2D eigenvalue weighted by Gasteiger charge is 2.47. The molecule has 0 spiro atoms. The standard InChI is InChI=1S/C7H10F2N4/c8-6(9)4-1-7(10,2-4)5-3-11-13-12-5/h3-4,6H,1-2,10H2,(H,11,12,13). The van der Waals surface area contributed by atoms with E-state index in [0.717, 1.165) is 0 Å². The topological polar surface area (TPSA) is 67.6 Å². The van der Waals surface area contributed by atoms with Gasteiger partial charge < -0.3 is 5.73 Å². The van der Waals surface area contributed by atoms with E-state index >= 15 is 0 Å². The van der Waals surface area contributed by atoms with Crippen LogP contribution in [-0.2, 0) is 5.54 Å². The molecule has 0 unspecified atom stereocenters. The minimum absolute atomic E-state index is 0.289. The monoisotopic (exact) mass is 188 g/mol. The molecular formula is C7H10F2N4. The molecule has 1 aromatic rings. The average Bonchev–Trinajstić information content (AvgIpc) is 2.49. The Bertz CT molecular complexity index is 279. The predicted octanol–water partition coefficient (Wildman–Crippen LogP) is 0.634. The second-order valence-corrected chi connectivity index (χ2v) is 3.52. The molecule has 72 valence electrons. The van der Waals surface area contributed by atoms with Gasteiger partial charge in [-0.15, -0.1) is 5.10 Å². The number of aromatic nitrogens is 3. The zero-order chi connectivity index (χ0) is 9.47. The number of H-pyrrole nitrogens is 1. The Labute approximate surface area is 73.5 Å². The van der Waals surface area contributed by atoms with Crippen LogP contribution in [0, 0.1) is 5.92 Å². The molecule has 0 saturated heterocycles. The third-order valence-electron chi connectivity index (χ3n) is 2.54. The van der Waals surface area contributed by atoms with E-state index in [1.807, 2.05) is 0 Å². The van der Waals surface area contributed by atoms with E-state index in [1.54, 1.807) is 6.20 Å². The van der Waals surface area contributed by atoms with Crippen LogP contribution in [-0.4, -0.2) is 21.8 Å². The van der Waals surface area contributed by atoms with E-state index < -0.39 is 17.9 Å². The number of nitrogens with one attached hydrogen (secondary N) is 1. The molecule has 1 aliphatic rings. The lowest BCUT2D eigenvalue weighted by Crippen LogP contribution is -2.51. The molecule has 1 saturated carbocycles. The second-order valence-electron chi connectivity index (χ2n) is 3.52. The first kappa shape index (κ1) is 8.55. The van der Waals surface area contributed by atoms with Crippen molar-refractivity contribution >= 4 is 0 Å². The van der Waals surface area contributed by atoms with Gasteiger partial charge in [-0.2, -0.15) is 0 Å². The summed E-state index contributed by atoms with van der Waals surface area (Å²) in [6.07, 6.45) is -0.139. The van der Waals surface area contributed by atoms with E-state index in [-0.39, 0.29) is 12.8 Å². The maximum atomic E-state index is 12.2. The molecule has 1 aromatic heterocycles. The highest BCUT2D eigenvalue weighted by atomic mass is 19.3. The van der Waals surface area contributed by atoms with E-state index in [2.05, 4.69) is 15.4 Å². The van der Waals surface area contributed by atoms with Crippen molar-refractivity contribution in [1.82, 2.24) is 15.4 Å². The fourth-order valence-corrected chi connectivity index (χ4v) is 1.71. The molecule has 2 rings (SSSR count). The summed E-state index contributed by atoms with van der Waals surface area (Å²) in [5.41, 5.74) is 5.73.